The SMILES string of the molecule is CC(C)n1ncnc1CNc1cccc(CO)c1Cl. The summed E-state index contributed by atoms with van der Waals surface area (Å²) in [6.07, 6.45) is 1.54. The van der Waals surface area contributed by atoms with Gasteiger partial charge in [-0.25, -0.2) is 9.67 Å². The minimum atomic E-state index is -0.0729. The van der Waals surface area contributed by atoms with E-state index in [1.54, 1.807) is 12.4 Å². The molecule has 5 nitrogen and oxygen atoms in total. The Kier molecular flexibility index (Phi) is 4.39. The first-order chi connectivity index (χ1) is 9.13. The van der Waals surface area contributed by atoms with Crippen molar-refractivity contribution in [3.63, 3.8) is 0 Å². The first-order valence-electron chi connectivity index (χ1n) is 6.14. The fourth-order valence-corrected chi connectivity index (χ4v) is 2.10. The van der Waals surface area contributed by atoms with E-state index in [9.17, 15) is 5.11 Å². The Labute approximate surface area is 117 Å². The van der Waals surface area contributed by atoms with Crippen LogP contribution in [0.5, 0.6) is 0 Å². The molecule has 0 aliphatic heterocycles. The Balaban J connectivity index is 2.12. The summed E-state index contributed by atoms with van der Waals surface area (Å²) < 4.78 is 1.86. The molecule has 19 heavy (non-hydrogen) atoms. The van der Waals surface area contributed by atoms with Crippen molar-refractivity contribution >= 4 is 17.3 Å². The Morgan fingerprint density at radius 2 is 2.21 bits per heavy atom. The van der Waals surface area contributed by atoms with Crippen LogP contribution in [0.15, 0.2) is 24.5 Å². The number of aliphatic hydroxyl groups is 1. The summed E-state index contributed by atoms with van der Waals surface area (Å²) in [4.78, 5) is 4.22. The highest BCUT2D eigenvalue weighted by Crippen LogP contribution is 2.26. The van der Waals surface area contributed by atoms with Crippen LogP contribution in [0.4, 0.5) is 5.69 Å². The van der Waals surface area contributed by atoms with Crippen LogP contribution in [-0.4, -0.2) is 19.9 Å². The molecule has 0 aliphatic carbocycles. The van der Waals surface area contributed by atoms with Crippen molar-refractivity contribution in [1.29, 1.82) is 0 Å². The van der Waals surface area contributed by atoms with Crippen molar-refractivity contribution in [2.75, 3.05) is 5.32 Å². The Morgan fingerprint density at radius 3 is 2.89 bits per heavy atom. The number of aliphatic hydroxyl groups excluding tert-OH is 1. The topological polar surface area (TPSA) is 63.0 Å². The molecule has 1 aromatic heterocycles. The van der Waals surface area contributed by atoms with Gasteiger partial charge in [0, 0.05) is 6.04 Å². The number of anilines is 1. The number of nitrogens with one attached hydrogen (secondary N) is 1. The summed E-state index contributed by atoms with van der Waals surface area (Å²) in [5.41, 5.74) is 1.49. The zero-order chi connectivity index (χ0) is 13.8. The van der Waals surface area contributed by atoms with Crippen LogP contribution in [0.3, 0.4) is 0 Å². The van der Waals surface area contributed by atoms with E-state index in [1.165, 1.54) is 0 Å². The molecular formula is C13H17ClN4O. The lowest BCUT2D eigenvalue weighted by Gasteiger charge is -2.12. The second kappa shape index (κ2) is 6.04. The molecule has 0 radical (unpaired) electrons. The van der Waals surface area contributed by atoms with Crippen molar-refractivity contribution in [2.45, 2.75) is 33.0 Å². The molecule has 0 unspecified atom stereocenters. The highest BCUT2D eigenvalue weighted by molar-refractivity contribution is 6.34. The molecule has 0 bridgehead atoms. The third-order valence-electron chi connectivity index (χ3n) is 2.82. The molecule has 0 saturated carbocycles. The molecule has 6 heteroatoms. The number of halogens is 1. The van der Waals surface area contributed by atoms with Gasteiger partial charge in [0.1, 0.15) is 12.2 Å². The molecular weight excluding hydrogens is 264 g/mol. The molecule has 0 amide bonds. The van der Waals surface area contributed by atoms with Crippen molar-refractivity contribution in [1.82, 2.24) is 14.8 Å². The normalized spacial score (nSPS) is 11.0. The Bertz CT molecular complexity index is 553. The highest BCUT2D eigenvalue weighted by Gasteiger charge is 2.09. The average Bonchev–Trinajstić information content (AvgIpc) is 2.86. The van der Waals surface area contributed by atoms with Crippen LogP contribution in [0.1, 0.15) is 31.3 Å². The van der Waals surface area contributed by atoms with E-state index in [0.717, 1.165) is 11.5 Å². The molecule has 0 atom stereocenters. The molecule has 1 heterocycles. The van der Waals surface area contributed by atoms with Gasteiger partial charge in [0.15, 0.2) is 0 Å². The number of nitrogens with zero attached hydrogens (tertiary/aromatic N) is 3. The zero-order valence-electron chi connectivity index (χ0n) is 11.0. The van der Waals surface area contributed by atoms with Crippen molar-refractivity contribution < 1.29 is 5.11 Å². The summed E-state index contributed by atoms with van der Waals surface area (Å²) in [5, 5.41) is 17.1. The van der Waals surface area contributed by atoms with E-state index in [0.29, 0.717) is 17.1 Å². The summed E-state index contributed by atoms with van der Waals surface area (Å²) in [6, 6.07) is 5.79. The van der Waals surface area contributed by atoms with Crippen LogP contribution in [0, 0.1) is 0 Å². The van der Waals surface area contributed by atoms with Crippen molar-refractivity contribution in [3.05, 3.63) is 40.9 Å². The second-order valence-corrected chi connectivity index (χ2v) is 4.88. The Hall–Kier alpha value is -1.59. The van der Waals surface area contributed by atoms with Crippen LogP contribution in [0.25, 0.3) is 0 Å². The van der Waals surface area contributed by atoms with Crippen LogP contribution < -0.4 is 5.32 Å². The maximum Gasteiger partial charge on any atom is 0.146 e. The molecule has 2 rings (SSSR count). The second-order valence-electron chi connectivity index (χ2n) is 4.50. The molecule has 102 valence electrons. The number of hydrogen-bond acceptors (Lipinski definition) is 4. The maximum absolute atomic E-state index is 9.17. The summed E-state index contributed by atoms with van der Waals surface area (Å²) >= 11 is 6.19. The zero-order valence-corrected chi connectivity index (χ0v) is 11.7. The third kappa shape index (κ3) is 3.05. The number of aromatic nitrogens is 3. The molecule has 2 N–H and O–H groups in total. The average molecular weight is 281 g/mol. The molecule has 0 saturated heterocycles. The number of rotatable bonds is 5. The highest BCUT2D eigenvalue weighted by atomic mass is 35.5. The molecule has 0 aliphatic rings. The van der Waals surface area contributed by atoms with Gasteiger partial charge in [-0.05, 0) is 25.5 Å². The summed E-state index contributed by atoms with van der Waals surface area (Å²) in [6.45, 7) is 4.57. The lowest BCUT2D eigenvalue weighted by Crippen LogP contribution is -2.12. The van der Waals surface area contributed by atoms with Crippen LogP contribution in [-0.2, 0) is 13.2 Å². The van der Waals surface area contributed by atoms with E-state index in [4.69, 9.17) is 11.6 Å². The third-order valence-corrected chi connectivity index (χ3v) is 3.27. The summed E-state index contributed by atoms with van der Waals surface area (Å²) in [5.74, 6) is 0.848. The molecule has 0 spiro atoms. The van der Waals surface area contributed by atoms with Gasteiger partial charge in [0.25, 0.3) is 0 Å². The van der Waals surface area contributed by atoms with E-state index in [2.05, 4.69) is 29.2 Å². The lowest BCUT2D eigenvalue weighted by atomic mass is 10.2. The fourth-order valence-electron chi connectivity index (χ4n) is 1.84. The van der Waals surface area contributed by atoms with E-state index in [-0.39, 0.29) is 12.6 Å². The number of hydrogen-bond donors (Lipinski definition) is 2. The maximum atomic E-state index is 9.17. The Morgan fingerprint density at radius 1 is 1.42 bits per heavy atom. The monoisotopic (exact) mass is 280 g/mol. The van der Waals surface area contributed by atoms with Crippen molar-refractivity contribution in [2.24, 2.45) is 0 Å². The minimum Gasteiger partial charge on any atom is -0.392 e. The van der Waals surface area contributed by atoms with Crippen LogP contribution in [0.2, 0.25) is 5.02 Å². The van der Waals surface area contributed by atoms with Gasteiger partial charge in [-0.3, -0.25) is 0 Å². The predicted molar refractivity (Wildman–Crippen MR) is 75.1 cm³/mol. The summed E-state index contributed by atoms with van der Waals surface area (Å²) in [7, 11) is 0. The molecule has 0 fully saturated rings. The van der Waals surface area contributed by atoms with Gasteiger partial charge in [-0.1, -0.05) is 23.7 Å². The van der Waals surface area contributed by atoms with Gasteiger partial charge in [0.2, 0.25) is 0 Å². The first-order valence-corrected chi connectivity index (χ1v) is 6.51. The standard InChI is InChI=1S/C13H17ClN4O/c1-9(2)18-12(16-8-17-18)6-15-11-5-3-4-10(7-19)13(11)14/h3-5,8-9,15,19H,6-7H2,1-2H3. The molecule has 2 aromatic rings. The molecule has 1 aromatic carbocycles. The quantitative estimate of drug-likeness (QED) is 0.884. The van der Waals surface area contributed by atoms with Gasteiger partial charge in [-0.15, -0.1) is 0 Å². The number of benzene rings is 1. The largest absolute Gasteiger partial charge is 0.392 e. The van der Waals surface area contributed by atoms with Crippen LogP contribution >= 0.6 is 11.6 Å². The smallest absolute Gasteiger partial charge is 0.146 e. The first kappa shape index (κ1) is 13.8. The van der Waals surface area contributed by atoms with Gasteiger partial charge >= 0.3 is 0 Å². The van der Waals surface area contributed by atoms with E-state index < -0.39 is 0 Å². The fraction of sp³-hybridized carbons (Fsp3) is 0.385. The van der Waals surface area contributed by atoms with Gasteiger partial charge in [0.05, 0.1) is 23.9 Å². The van der Waals surface area contributed by atoms with Crippen molar-refractivity contribution in [3.8, 4) is 0 Å². The minimum absolute atomic E-state index is 0.0729. The van der Waals surface area contributed by atoms with Gasteiger partial charge < -0.3 is 10.4 Å². The predicted octanol–water partition coefficient (Wildman–Crippen LogP) is 2.62. The van der Waals surface area contributed by atoms with Gasteiger partial charge in [-0.2, -0.15) is 5.10 Å². The van der Waals surface area contributed by atoms with E-state index >= 15 is 0 Å². The lowest BCUT2D eigenvalue weighted by molar-refractivity contribution is 0.282. The van der Waals surface area contributed by atoms with E-state index in [1.807, 2.05) is 16.8 Å².